The van der Waals surface area contributed by atoms with Gasteiger partial charge >= 0.3 is 0 Å². The van der Waals surface area contributed by atoms with Crippen LogP contribution >= 0.6 is 0 Å². The van der Waals surface area contributed by atoms with Crippen molar-refractivity contribution in [3.63, 3.8) is 0 Å². The molecule has 0 amide bonds. The molecule has 1 heteroatoms. The number of rotatable bonds is 2. The quantitative estimate of drug-likeness (QED) is 0.672. The van der Waals surface area contributed by atoms with Gasteiger partial charge in [0.25, 0.3) is 0 Å². The molecule has 1 atom stereocenters. The normalized spacial score (nSPS) is 15.0. The fourth-order valence-electron chi connectivity index (χ4n) is 1.49. The molecule has 1 unspecified atom stereocenters. The zero-order chi connectivity index (χ0) is 12.9. The molecule has 0 saturated carbocycles. The van der Waals surface area contributed by atoms with E-state index in [1.165, 1.54) is 5.56 Å². The SMILES string of the molecule is CC.CC.[Y].[c-]1ccccc1CC1C=CC=C[CH-]1. The zero-order valence-electron chi connectivity index (χ0n) is 12.1. The smallest absolute Gasteiger partial charge is 0 e. The molecule has 0 aromatic heterocycles. The second-order valence-corrected chi connectivity index (χ2v) is 3.22. The minimum Gasteiger partial charge on any atom is -0.228 e. The second kappa shape index (κ2) is 14.7. The summed E-state index contributed by atoms with van der Waals surface area (Å²) in [5, 5.41) is 0. The van der Waals surface area contributed by atoms with Crippen molar-refractivity contribution in [1.82, 2.24) is 0 Å². The van der Waals surface area contributed by atoms with Crippen LogP contribution in [-0.4, -0.2) is 0 Å². The number of benzene rings is 1. The Hall–Kier alpha value is -0.326. The van der Waals surface area contributed by atoms with Crippen molar-refractivity contribution < 1.29 is 32.7 Å². The number of hydrogen-bond donors (Lipinski definition) is 0. The average molecular weight is 317 g/mol. The molecule has 0 spiro atoms. The Morgan fingerprint density at radius 3 is 2.33 bits per heavy atom. The molecular formula is C17H24Y-2. The molecular weight excluding hydrogens is 293 g/mol. The van der Waals surface area contributed by atoms with Crippen molar-refractivity contribution in [3.8, 4) is 0 Å². The van der Waals surface area contributed by atoms with Gasteiger partial charge < -0.3 is 0 Å². The third-order valence-electron chi connectivity index (χ3n) is 2.17. The van der Waals surface area contributed by atoms with Gasteiger partial charge in [-0.15, -0.1) is 12.2 Å². The molecule has 1 radical (unpaired) electrons. The van der Waals surface area contributed by atoms with Crippen molar-refractivity contribution in [2.45, 2.75) is 34.1 Å². The van der Waals surface area contributed by atoms with Gasteiger partial charge in [0.15, 0.2) is 0 Å². The fourth-order valence-corrected chi connectivity index (χ4v) is 1.49. The van der Waals surface area contributed by atoms with Crippen LogP contribution in [0.5, 0.6) is 0 Å². The summed E-state index contributed by atoms with van der Waals surface area (Å²) in [7, 11) is 0. The maximum atomic E-state index is 3.24. The minimum atomic E-state index is 0. The van der Waals surface area contributed by atoms with Gasteiger partial charge in [-0.2, -0.15) is 35.9 Å². The van der Waals surface area contributed by atoms with Crippen molar-refractivity contribution in [3.05, 3.63) is 66.6 Å². The Morgan fingerprint density at radius 2 is 1.83 bits per heavy atom. The van der Waals surface area contributed by atoms with Crippen LogP contribution < -0.4 is 0 Å². The molecule has 1 aliphatic carbocycles. The fraction of sp³-hybridized carbons (Fsp3) is 0.353. The van der Waals surface area contributed by atoms with Crippen LogP contribution in [0.2, 0.25) is 0 Å². The van der Waals surface area contributed by atoms with E-state index < -0.39 is 0 Å². The van der Waals surface area contributed by atoms with E-state index in [9.17, 15) is 0 Å². The van der Waals surface area contributed by atoms with Gasteiger partial charge in [0.2, 0.25) is 0 Å². The molecule has 0 N–H and O–H groups in total. The van der Waals surface area contributed by atoms with Crippen LogP contribution in [0.25, 0.3) is 0 Å². The molecule has 0 bridgehead atoms. The summed E-state index contributed by atoms with van der Waals surface area (Å²) in [5.74, 6) is 0.545. The molecule has 2 rings (SSSR count). The van der Waals surface area contributed by atoms with E-state index in [4.69, 9.17) is 0 Å². The third kappa shape index (κ3) is 8.72. The Kier molecular flexibility index (Phi) is 16.4. The molecule has 0 saturated heterocycles. The summed E-state index contributed by atoms with van der Waals surface area (Å²) >= 11 is 0. The maximum absolute atomic E-state index is 3.24. The molecule has 0 heterocycles. The van der Waals surface area contributed by atoms with Crippen molar-refractivity contribution in [2.24, 2.45) is 5.92 Å². The minimum absolute atomic E-state index is 0. The Bertz CT molecular complexity index is 312. The van der Waals surface area contributed by atoms with E-state index >= 15 is 0 Å². The van der Waals surface area contributed by atoms with Crippen LogP contribution in [0.4, 0.5) is 0 Å². The molecule has 0 nitrogen and oxygen atoms in total. The van der Waals surface area contributed by atoms with E-state index in [1.807, 2.05) is 39.8 Å². The summed E-state index contributed by atoms with van der Waals surface area (Å²) < 4.78 is 0. The monoisotopic (exact) mass is 317 g/mol. The van der Waals surface area contributed by atoms with Crippen LogP contribution in [0, 0.1) is 18.4 Å². The zero-order valence-corrected chi connectivity index (χ0v) is 14.9. The second-order valence-electron chi connectivity index (χ2n) is 3.22. The Labute approximate surface area is 138 Å². The van der Waals surface area contributed by atoms with E-state index in [0.717, 1.165) is 6.42 Å². The largest absolute Gasteiger partial charge is 0.228 e. The van der Waals surface area contributed by atoms with Crippen LogP contribution in [-0.2, 0) is 39.1 Å². The van der Waals surface area contributed by atoms with E-state index in [0.29, 0.717) is 5.92 Å². The van der Waals surface area contributed by atoms with Crippen molar-refractivity contribution >= 4 is 0 Å². The van der Waals surface area contributed by atoms with Gasteiger partial charge in [-0.1, -0.05) is 40.0 Å². The van der Waals surface area contributed by atoms with Gasteiger partial charge in [0.05, 0.1) is 0 Å². The summed E-state index contributed by atoms with van der Waals surface area (Å²) in [6.07, 6.45) is 11.8. The predicted molar refractivity (Wildman–Crippen MR) is 77.7 cm³/mol. The first kappa shape index (κ1) is 20.0. The van der Waals surface area contributed by atoms with Crippen molar-refractivity contribution in [2.75, 3.05) is 0 Å². The van der Waals surface area contributed by atoms with Gasteiger partial charge in [-0.05, 0) is 0 Å². The predicted octanol–water partition coefficient (Wildman–Crippen LogP) is 5.03. The van der Waals surface area contributed by atoms with Crippen LogP contribution in [0.3, 0.4) is 0 Å². The third-order valence-corrected chi connectivity index (χ3v) is 2.17. The topological polar surface area (TPSA) is 0 Å². The molecule has 18 heavy (non-hydrogen) atoms. The van der Waals surface area contributed by atoms with Crippen LogP contribution in [0.1, 0.15) is 33.3 Å². The van der Waals surface area contributed by atoms with Crippen LogP contribution in [0.15, 0.2) is 48.6 Å². The summed E-state index contributed by atoms with van der Waals surface area (Å²) in [6, 6.07) is 11.4. The standard InChI is InChI=1S/C13H12.2C2H6.Y/c1-3-7-12(8-4-1)11-13-9-5-2-6-10-13;2*1-2;/h1-9,12H,11H2;2*1-2H3;/q-2;;;. The van der Waals surface area contributed by atoms with Gasteiger partial charge in [0.1, 0.15) is 0 Å². The summed E-state index contributed by atoms with van der Waals surface area (Å²) in [6.45, 7) is 8.00. The van der Waals surface area contributed by atoms with Gasteiger partial charge in [-0.3, -0.25) is 0 Å². The molecule has 1 aromatic carbocycles. The number of allylic oxidation sites excluding steroid dienone is 4. The maximum Gasteiger partial charge on any atom is 0 e. The first-order valence-electron chi connectivity index (χ1n) is 6.59. The van der Waals surface area contributed by atoms with E-state index in [2.05, 4.69) is 48.9 Å². The summed E-state index contributed by atoms with van der Waals surface area (Å²) in [4.78, 5) is 0. The van der Waals surface area contributed by atoms with E-state index in [1.54, 1.807) is 0 Å². The molecule has 0 aliphatic heterocycles. The van der Waals surface area contributed by atoms with E-state index in [-0.39, 0.29) is 32.7 Å². The summed E-state index contributed by atoms with van der Waals surface area (Å²) in [5.41, 5.74) is 1.28. The van der Waals surface area contributed by atoms with Gasteiger partial charge in [0, 0.05) is 32.7 Å². The molecule has 0 fully saturated rings. The Morgan fingerprint density at radius 1 is 1.11 bits per heavy atom. The first-order chi connectivity index (χ1) is 8.45. The molecule has 97 valence electrons. The molecule has 1 aromatic rings. The first-order valence-corrected chi connectivity index (χ1v) is 6.59. The average Bonchev–Trinajstić information content (AvgIpc) is 2.45. The molecule has 1 aliphatic rings. The Balaban J connectivity index is 0. The van der Waals surface area contributed by atoms with Gasteiger partial charge in [-0.25, -0.2) is 18.6 Å². The number of hydrogen-bond acceptors (Lipinski definition) is 0. The van der Waals surface area contributed by atoms with Crippen molar-refractivity contribution in [1.29, 1.82) is 0 Å².